The smallest absolute Gasteiger partial charge is 0.544 e. The normalized spacial score (nSPS) is 11.0. The first-order valence-corrected chi connectivity index (χ1v) is 8.26. The summed E-state index contributed by atoms with van der Waals surface area (Å²) in [5.74, 6) is -0.606. The molecule has 2 aromatic heterocycles. The summed E-state index contributed by atoms with van der Waals surface area (Å²) in [5, 5.41) is 13.7. The molecule has 0 N–H and O–H groups in total. The number of rotatable bonds is 4. The molecule has 0 fully saturated rings. The Balaban J connectivity index is 0.00000192. The van der Waals surface area contributed by atoms with E-state index in [1.807, 2.05) is 22.8 Å². The number of aromatic carboxylic acids is 1. The molecule has 3 nitrogen and oxygen atoms in total. The Bertz CT molecular complexity index is 854. The van der Waals surface area contributed by atoms with Gasteiger partial charge in [0.05, 0.1) is 16.4 Å². The molecular weight excluding hydrogens is 341 g/mol. The molecule has 3 aromatic rings. The first-order chi connectivity index (χ1) is 10.5. The van der Waals surface area contributed by atoms with Crippen molar-refractivity contribution in [2.45, 2.75) is 20.3 Å². The zero-order valence-corrected chi connectivity index (χ0v) is 16.9. The van der Waals surface area contributed by atoms with E-state index in [2.05, 4.69) is 20.0 Å². The van der Waals surface area contributed by atoms with Crippen LogP contribution in [0.25, 0.3) is 15.9 Å². The number of thiophene rings is 1. The van der Waals surface area contributed by atoms with Gasteiger partial charge in [-0.25, -0.2) is 0 Å². The summed E-state index contributed by atoms with van der Waals surface area (Å²) < 4.78 is 2.01. The molecule has 3 rings (SSSR count). The molecular formula is C17H15ClNNaO2S. The molecule has 1 aromatic carbocycles. The van der Waals surface area contributed by atoms with Gasteiger partial charge in [-0.2, -0.15) is 0 Å². The maximum Gasteiger partial charge on any atom is 1.00 e. The van der Waals surface area contributed by atoms with Crippen LogP contribution < -0.4 is 34.7 Å². The number of carbonyl (C=O) groups is 1. The van der Waals surface area contributed by atoms with Crippen molar-refractivity contribution in [2.75, 3.05) is 0 Å². The van der Waals surface area contributed by atoms with Gasteiger partial charge in [-0.05, 0) is 42.2 Å². The van der Waals surface area contributed by atoms with Crippen LogP contribution in [0.2, 0.25) is 5.02 Å². The van der Waals surface area contributed by atoms with E-state index < -0.39 is 5.97 Å². The van der Waals surface area contributed by atoms with Crippen molar-refractivity contribution in [1.82, 2.24) is 4.57 Å². The summed E-state index contributed by atoms with van der Waals surface area (Å²) in [7, 11) is 0. The fourth-order valence-corrected chi connectivity index (χ4v) is 3.62. The van der Waals surface area contributed by atoms with E-state index in [9.17, 15) is 9.90 Å². The topological polar surface area (TPSA) is 45.1 Å². The quantitative estimate of drug-likeness (QED) is 0.653. The molecule has 114 valence electrons. The van der Waals surface area contributed by atoms with Gasteiger partial charge >= 0.3 is 29.6 Å². The van der Waals surface area contributed by atoms with Crippen LogP contribution in [0, 0.1) is 5.92 Å². The standard InChI is InChI=1S/C17H16ClNO2S.Na/c1-10(2)7-11-9-19(14-8-12(18)3-4-13(11)14)16-6-5-15(22-16)17(20)21;/h3-6,8-10H,7H2,1-2H3,(H,20,21);/q;+1/p-1. The maximum absolute atomic E-state index is 11.0. The van der Waals surface area contributed by atoms with Crippen LogP contribution >= 0.6 is 22.9 Å². The number of hydrogen-bond acceptors (Lipinski definition) is 3. The molecule has 0 aliphatic rings. The minimum atomic E-state index is -1.15. The number of aromatic nitrogens is 1. The zero-order valence-electron chi connectivity index (χ0n) is 13.3. The van der Waals surface area contributed by atoms with Gasteiger partial charge in [0.25, 0.3) is 0 Å². The van der Waals surface area contributed by atoms with E-state index in [1.165, 1.54) is 16.9 Å². The molecule has 0 bridgehead atoms. The van der Waals surface area contributed by atoms with Crippen molar-refractivity contribution in [2.24, 2.45) is 5.92 Å². The van der Waals surface area contributed by atoms with Gasteiger partial charge in [0.15, 0.2) is 0 Å². The van der Waals surface area contributed by atoms with Gasteiger partial charge in [-0.15, -0.1) is 11.3 Å². The maximum atomic E-state index is 11.0. The van der Waals surface area contributed by atoms with Crippen LogP contribution in [0.15, 0.2) is 36.5 Å². The van der Waals surface area contributed by atoms with Crippen LogP contribution in [-0.4, -0.2) is 10.5 Å². The molecule has 0 saturated carbocycles. The second-order valence-electron chi connectivity index (χ2n) is 5.71. The molecule has 0 spiro atoms. The number of carboxylic acids is 1. The fraction of sp³-hybridized carbons (Fsp3) is 0.235. The van der Waals surface area contributed by atoms with Crippen LogP contribution in [-0.2, 0) is 6.42 Å². The predicted octanol–water partition coefficient (Wildman–Crippen LogP) is 0.911. The Morgan fingerprint density at radius 1 is 1.30 bits per heavy atom. The zero-order chi connectivity index (χ0) is 15.9. The minimum Gasteiger partial charge on any atom is -0.544 e. The van der Waals surface area contributed by atoms with Crippen LogP contribution in [0.3, 0.4) is 0 Å². The van der Waals surface area contributed by atoms with E-state index >= 15 is 0 Å². The van der Waals surface area contributed by atoms with Gasteiger partial charge in [-0.3, -0.25) is 0 Å². The fourth-order valence-electron chi connectivity index (χ4n) is 2.62. The van der Waals surface area contributed by atoms with Gasteiger partial charge in [0.1, 0.15) is 5.00 Å². The van der Waals surface area contributed by atoms with Crippen LogP contribution in [0.1, 0.15) is 29.1 Å². The SMILES string of the molecule is CC(C)Cc1cn(-c2ccc(C(=O)[O-])s2)c2cc(Cl)ccc12.[Na+]. The van der Waals surface area contributed by atoms with Crippen molar-refractivity contribution >= 4 is 39.8 Å². The Morgan fingerprint density at radius 2 is 2.04 bits per heavy atom. The van der Waals surface area contributed by atoms with Crippen molar-refractivity contribution in [3.8, 4) is 5.00 Å². The van der Waals surface area contributed by atoms with E-state index in [0.29, 0.717) is 10.9 Å². The molecule has 0 unspecified atom stereocenters. The second-order valence-corrected chi connectivity index (χ2v) is 7.21. The number of fused-ring (bicyclic) bond motifs is 1. The van der Waals surface area contributed by atoms with E-state index in [0.717, 1.165) is 22.3 Å². The Labute approximate surface area is 166 Å². The third-order valence-corrected chi connectivity index (χ3v) is 4.81. The average molecular weight is 356 g/mol. The minimum absolute atomic E-state index is 0. The molecule has 0 atom stereocenters. The van der Waals surface area contributed by atoms with E-state index in [1.54, 1.807) is 12.1 Å². The summed E-state index contributed by atoms with van der Waals surface area (Å²) in [6.45, 7) is 4.36. The largest absolute Gasteiger partial charge is 1.00 e. The monoisotopic (exact) mass is 355 g/mol. The second kappa shape index (κ2) is 7.41. The Kier molecular flexibility index (Phi) is 5.98. The van der Waals surface area contributed by atoms with Crippen LogP contribution in [0.5, 0.6) is 0 Å². The van der Waals surface area contributed by atoms with Crippen molar-refractivity contribution < 1.29 is 39.5 Å². The molecule has 0 radical (unpaired) electrons. The average Bonchev–Trinajstić information content (AvgIpc) is 3.03. The molecule has 2 heterocycles. The number of nitrogens with zero attached hydrogens (tertiary/aromatic N) is 1. The van der Waals surface area contributed by atoms with E-state index in [-0.39, 0.29) is 34.4 Å². The van der Waals surface area contributed by atoms with Gasteiger partial charge in [0, 0.05) is 16.6 Å². The molecule has 0 aliphatic heterocycles. The number of halogens is 1. The first kappa shape index (κ1) is 18.6. The van der Waals surface area contributed by atoms with E-state index in [4.69, 9.17) is 11.6 Å². The van der Waals surface area contributed by atoms with Gasteiger partial charge in [0.2, 0.25) is 0 Å². The molecule has 0 aliphatic carbocycles. The van der Waals surface area contributed by atoms with Crippen molar-refractivity contribution in [1.29, 1.82) is 0 Å². The molecule has 23 heavy (non-hydrogen) atoms. The van der Waals surface area contributed by atoms with Crippen LogP contribution in [0.4, 0.5) is 0 Å². The third-order valence-electron chi connectivity index (χ3n) is 3.51. The third kappa shape index (κ3) is 3.83. The summed E-state index contributed by atoms with van der Waals surface area (Å²) in [6.07, 6.45) is 3.04. The molecule has 6 heteroatoms. The summed E-state index contributed by atoms with van der Waals surface area (Å²) >= 11 is 7.34. The Hall–Kier alpha value is -0.780. The number of hydrogen-bond donors (Lipinski definition) is 0. The first-order valence-electron chi connectivity index (χ1n) is 7.06. The van der Waals surface area contributed by atoms with Gasteiger partial charge in [-0.1, -0.05) is 31.5 Å². The summed E-state index contributed by atoms with van der Waals surface area (Å²) in [6, 6.07) is 9.21. The van der Waals surface area contributed by atoms with Gasteiger partial charge < -0.3 is 14.5 Å². The summed E-state index contributed by atoms with van der Waals surface area (Å²) in [4.78, 5) is 11.2. The molecule has 0 saturated heterocycles. The summed E-state index contributed by atoms with van der Waals surface area (Å²) in [5.41, 5.74) is 2.24. The van der Waals surface area contributed by atoms with Crippen molar-refractivity contribution in [3.05, 3.63) is 52.0 Å². The Morgan fingerprint density at radius 3 is 2.65 bits per heavy atom. The number of carbonyl (C=O) groups excluding carboxylic acids is 1. The predicted molar refractivity (Wildman–Crippen MR) is 89.0 cm³/mol. The molecule has 0 amide bonds. The number of benzene rings is 1. The van der Waals surface area contributed by atoms with Crippen molar-refractivity contribution in [3.63, 3.8) is 0 Å². The number of carboxylic acid groups (broad SMARTS) is 1.